The van der Waals surface area contributed by atoms with Crippen LogP contribution in [0.5, 0.6) is 5.75 Å². The van der Waals surface area contributed by atoms with Gasteiger partial charge in [0.15, 0.2) is 5.75 Å². The number of rotatable bonds is 4. The summed E-state index contributed by atoms with van der Waals surface area (Å²) in [6.07, 6.45) is 1.51. The second-order valence-electron chi connectivity index (χ2n) is 5.28. The van der Waals surface area contributed by atoms with Gasteiger partial charge < -0.3 is 15.2 Å². The number of nitrogens with one attached hydrogen (secondary N) is 1. The highest BCUT2D eigenvalue weighted by Crippen LogP contribution is 2.35. The van der Waals surface area contributed by atoms with Crippen LogP contribution in [-0.2, 0) is 16.4 Å². The molecule has 6 heteroatoms. The molecule has 1 atom stereocenters. The summed E-state index contributed by atoms with van der Waals surface area (Å²) >= 11 is 0. The Morgan fingerprint density at radius 2 is 1.95 bits per heavy atom. The number of hydrogen-bond acceptors (Lipinski definition) is 3. The van der Waals surface area contributed by atoms with Crippen LogP contribution in [0.2, 0.25) is 0 Å². The third-order valence-corrected chi connectivity index (χ3v) is 3.19. The zero-order valence-electron chi connectivity index (χ0n) is 11.9. The molecule has 0 bridgehead atoms. The summed E-state index contributed by atoms with van der Waals surface area (Å²) in [6.45, 7) is 6.06. The Morgan fingerprint density at radius 1 is 1.37 bits per heavy atom. The smallest absolute Gasteiger partial charge is 0.252 e. The van der Waals surface area contributed by atoms with Gasteiger partial charge in [-0.1, -0.05) is 20.8 Å². The molecular formula is C13H20N2O3S. The van der Waals surface area contributed by atoms with Gasteiger partial charge in [-0.05, 0) is 23.1 Å². The third-order valence-electron chi connectivity index (χ3n) is 2.68. The molecule has 0 spiro atoms. The van der Waals surface area contributed by atoms with Crippen LogP contribution >= 0.6 is 0 Å². The van der Waals surface area contributed by atoms with Gasteiger partial charge >= 0.3 is 0 Å². The lowest BCUT2D eigenvalue weighted by molar-refractivity contribution is 0.0997. The van der Waals surface area contributed by atoms with Crippen molar-refractivity contribution in [2.45, 2.75) is 26.2 Å². The zero-order chi connectivity index (χ0) is 14.8. The Kier molecular flexibility index (Phi) is 4.57. The SMILES string of the molecule is COc1c(NS(C)=O)cc(C(C)(C)C)cc1C(N)=O. The van der Waals surface area contributed by atoms with E-state index in [0.717, 1.165) is 5.56 Å². The van der Waals surface area contributed by atoms with E-state index in [0.29, 0.717) is 11.4 Å². The number of anilines is 1. The summed E-state index contributed by atoms with van der Waals surface area (Å²) in [4.78, 5) is 11.5. The number of ether oxygens (including phenoxy) is 1. The van der Waals surface area contributed by atoms with Crippen LogP contribution in [0.15, 0.2) is 12.1 Å². The van der Waals surface area contributed by atoms with Crippen LogP contribution in [0.3, 0.4) is 0 Å². The average molecular weight is 284 g/mol. The van der Waals surface area contributed by atoms with E-state index in [2.05, 4.69) is 4.72 Å². The van der Waals surface area contributed by atoms with Crippen molar-refractivity contribution >= 4 is 22.6 Å². The summed E-state index contributed by atoms with van der Waals surface area (Å²) in [5.41, 5.74) is 6.91. The van der Waals surface area contributed by atoms with Crippen LogP contribution in [0, 0.1) is 0 Å². The highest BCUT2D eigenvalue weighted by Gasteiger charge is 2.22. The number of primary amides is 1. The molecule has 0 radical (unpaired) electrons. The molecule has 1 aromatic carbocycles. The minimum Gasteiger partial charge on any atom is -0.494 e. The number of carbonyl (C=O) groups is 1. The number of amides is 1. The Hall–Kier alpha value is -1.56. The van der Waals surface area contributed by atoms with Crippen molar-refractivity contribution in [2.75, 3.05) is 18.1 Å². The van der Waals surface area contributed by atoms with Gasteiger partial charge in [-0.15, -0.1) is 0 Å². The number of hydrogen-bond donors (Lipinski definition) is 2. The minimum absolute atomic E-state index is 0.165. The molecule has 0 aliphatic heterocycles. The van der Waals surface area contributed by atoms with Crippen LogP contribution in [0.25, 0.3) is 0 Å². The van der Waals surface area contributed by atoms with Gasteiger partial charge in [0.2, 0.25) is 0 Å². The molecule has 0 aliphatic carbocycles. The van der Waals surface area contributed by atoms with E-state index in [1.165, 1.54) is 13.4 Å². The van der Waals surface area contributed by atoms with Crippen molar-refractivity contribution in [2.24, 2.45) is 5.73 Å². The molecule has 1 unspecified atom stereocenters. The minimum atomic E-state index is -1.27. The Balaban J connectivity index is 3.54. The molecule has 19 heavy (non-hydrogen) atoms. The first-order valence-electron chi connectivity index (χ1n) is 5.79. The third kappa shape index (κ3) is 3.70. The van der Waals surface area contributed by atoms with E-state index in [4.69, 9.17) is 10.5 Å². The summed E-state index contributed by atoms with van der Waals surface area (Å²) in [7, 11) is 0.180. The van der Waals surface area contributed by atoms with Gasteiger partial charge in [0.25, 0.3) is 5.91 Å². The molecule has 0 saturated heterocycles. The fraction of sp³-hybridized carbons (Fsp3) is 0.462. The van der Waals surface area contributed by atoms with E-state index in [1.54, 1.807) is 6.07 Å². The lowest BCUT2D eigenvalue weighted by Crippen LogP contribution is -2.18. The van der Waals surface area contributed by atoms with Crippen molar-refractivity contribution in [1.29, 1.82) is 0 Å². The molecule has 0 saturated carbocycles. The molecule has 0 heterocycles. The van der Waals surface area contributed by atoms with E-state index in [-0.39, 0.29) is 11.0 Å². The fourth-order valence-corrected chi connectivity index (χ4v) is 2.16. The maximum absolute atomic E-state index is 11.5. The van der Waals surface area contributed by atoms with Crippen molar-refractivity contribution in [1.82, 2.24) is 0 Å². The molecule has 1 amide bonds. The van der Waals surface area contributed by atoms with Crippen molar-refractivity contribution in [3.05, 3.63) is 23.3 Å². The molecule has 1 aromatic rings. The molecule has 5 nitrogen and oxygen atoms in total. The van der Waals surface area contributed by atoms with Gasteiger partial charge in [0.1, 0.15) is 11.0 Å². The Bertz CT molecular complexity index is 521. The molecule has 3 N–H and O–H groups in total. The van der Waals surface area contributed by atoms with E-state index in [9.17, 15) is 9.00 Å². The van der Waals surface area contributed by atoms with Crippen LogP contribution in [-0.4, -0.2) is 23.5 Å². The monoisotopic (exact) mass is 284 g/mol. The van der Waals surface area contributed by atoms with Gasteiger partial charge in [0, 0.05) is 6.26 Å². The van der Waals surface area contributed by atoms with Crippen LogP contribution < -0.4 is 15.2 Å². The largest absolute Gasteiger partial charge is 0.494 e. The lowest BCUT2D eigenvalue weighted by atomic mass is 9.85. The first kappa shape index (κ1) is 15.5. The molecule has 1 rings (SSSR count). The molecule has 0 aliphatic rings. The second-order valence-corrected chi connectivity index (χ2v) is 6.39. The zero-order valence-corrected chi connectivity index (χ0v) is 12.7. The fourth-order valence-electron chi connectivity index (χ4n) is 1.70. The van der Waals surface area contributed by atoms with Crippen molar-refractivity contribution in [3.8, 4) is 5.75 Å². The van der Waals surface area contributed by atoms with Gasteiger partial charge in [0.05, 0.1) is 18.4 Å². The molecule has 0 aromatic heterocycles. The van der Waals surface area contributed by atoms with E-state index in [1.807, 2.05) is 26.8 Å². The summed E-state index contributed by atoms with van der Waals surface area (Å²) in [5.74, 6) is -0.261. The van der Waals surface area contributed by atoms with Crippen LogP contribution in [0.1, 0.15) is 36.7 Å². The highest BCUT2D eigenvalue weighted by atomic mass is 32.2. The number of carbonyl (C=O) groups excluding carboxylic acids is 1. The molecule has 106 valence electrons. The van der Waals surface area contributed by atoms with Crippen LogP contribution in [0.4, 0.5) is 5.69 Å². The standard InChI is InChI=1S/C13H20N2O3S/c1-13(2,3)8-6-9(12(14)16)11(18-4)10(7-8)15-19(5)17/h6-7,15H,1-5H3,(H2,14,16). The highest BCUT2D eigenvalue weighted by molar-refractivity contribution is 7.85. The van der Waals surface area contributed by atoms with E-state index >= 15 is 0 Å². The number of methoxy groups -OCH3 is 1. The second kappa shape index (κ2) is 5.61. The number of nitrogens with two attached hydrogens (primary N) is 1. The Morgan fingerprint density at radius 3 is 2.32 bits per heavy atom. The summed E-state index contributed by atoms with van der Waals surface area (Å²) < 4.78 is 19.3. The first-order chi connectivity index (χ1) is 8.66. The van der Waals surface area contributed by atoms with Gasteiger partial charge in [-0.25, -0.2) is 4.21 Å². The number of benzene rings is 1. The first-order valence-corrected chi connectivity index (χ1v) is 7.35. The predicted molar refractivity (Wildman–Crippen MR) is 77.9 cm³/mol. The predicted octanol–water partition coefficient (Wildman–Crippen LogP) is 1.80. The average Bonchev–Trinajstić information content (AvgIpc) is 2.25. The maximum atomic E-state index is 11.5. The lowest BCUT2D eigenvalue weighted by Gasteiger charge is -2.22. The van der Waals surface area contributed by atoms with Gasteiger partial charge in [-0.2, -0.15) is 0 Å². The van der Waals surface area contributed by atoms with Gasteiger partial charge in [-0.3, -0.25) is 4.79 Å². The quantitative estimate of drug-likeness (QED) is 0.884. The normalized spacial score (nSPS) is 12.9. The van der Waals surface area contributed by atoms with Crippen molar-refractivity contribution in [3.63, 3.8) is 0 Å². The summed E-state index contributed by atoms with van der Waals surface area (Å²) in [5, 5.41) is 0. The van der Waals surface area contributed by atoms with Crippen molar-refractivity contribution < 1.29 is 13.7 Å². The molecule has 0 fully saturated rings. The topological polar surface area (TPSA) is 81.4 Å². The molecular weight excluding hydrogens is 264 g/mol. The maximum Gasteiger partial charge on any atom is 0.252 e. The Labute approximate surface area is 116 Å². The van der Waals surface area contributed by atoms with E-state index < -0.39 is 16.9 Å². The summed E-state index contributed by atoms with van der Waals surface area (Å²) in [6, 6.07) is 3.54.